The SMILES string of the molecule is CCCC(C)(N)CNCc1sccc1CC. The van der Waals surface area contributed by atoms with E-state index in [1.807, 2.05) is 11.3 Å². The quantitative estimate of drug-likeness (QED) is 0.769. The van der Waals surface area contributed by atoms with Crippen LogP contribution in [0.1, 0.15) is 44.1 Å². The van der Waals surface area contributed by atoms with E-state index in [1.54, 1.807) is 0 Å². The van der Waals surface area contributed by atoms with Gasteiger partial charge in [-0.3, -0.25) is 0 Å². The van der Waals surface area contributed by atoms with Gasteiger partial charge in [0.15, 0.2) is 0 Å². The summed E-state index contributed by atoms with van der Waals surface area (Å²) in [5.41, 5.74) is 7.57. The number of hydrogen-bond donors (Lipinski definition) is 2. The van der Waals surface area contributed by atoms with Gasteiger partial charge in [0.25, 0.3) is 0 Å². The molecule has 0 saturated carbocycles. The number of rotatable bonds is 7. The third-order valence-corrected chi connectivity index (χ3v) is 3.82. The zero-order chi connectivity index (χ0) is 12.0. The summed E-state index contributed by atoms with van der Waals surface area (Å²) in [7, 11) is 0. The fourth-order valence-electron chi connectivity index (χ4n) is 1.96. The second-order valence-electron chi connectivity index (χ2n) is 4.73. The van der Waals surface area contributed by atoms with E-state index in [9.17, 15) is 0 Å². The molecule has 92 valence electrons. The molecule has 0 aliphatic rings. The minimum atomic E-state index is -0.0710. The van der Waals surface area contributed by atoms with Crippen molar-refractivity contribution in [1.82, 2.24) is 5.32 Å². The van der Waals surface area contributed by atoms with Gasteiger partial charge in [-0.25, -0.2) is 0 Å². The predicted molar refractivity (Wildman–Crippen MR) is 72.9 cm³/mol. The largest absolute Gasteiger partial charge is 0.324 e. The van der Waals surface area contributed by atoms with E-state index in [0.29, 0.717) is 0 Å². The highest BCUT2D eigenvalue weighted by atomic mass is 32.1. The van der Waals surface area contributed by atoms with Gasteiger partial charge < -0.3 is 11.1 Å². The van der Waals surface area contributed by atoms with Gasteiger partial charge in [0.1, 0.15) is 0 Å². The molecule has 0 aliphatic heterocycles. The molecule has 2 nitrogen and oxygen atoms in total. The van der Waals surface area contributed by atoms with E-state index in [1.165, 1.54) is 10.4 Å². The molecule has 1 aromatic heterocycles. The number of aryl methyl sites for hydroxylation is 1. The van der Waals surface area contributed by atoms with Crippen molar-refractivity contribution in [3.05, 3.63) is 21.9 Å². The lowest BCUT2D eigenvalue weighted by atomic mass is 9.98. The summed E-state index contributed by atoms with van der Waals surface area (Å²) in [5.74, 6) is 0. The maximum absolute atomic E-state index is 6.18. The molecular formula is C13H24N2S. The van der Waals surface area contributed by atoms with Gasteiger partial charge in [-0.15, -0.1) is 11.3 Å². The fourth-order valence-corrected chi connectivity index (χ4v) is 2.90. The summed E-state index contributed by atoms with van der Waals surface area (Å²) in [6.07, 6.45) is 3.34. The summed E-state index contributed by atoms with van der Waals surface area (Å²) in [4.78, 5) is 1.45. The van der Waals surface area contributed by atoms with Crippen molar-refractivity contribution in [3.8, 4) is 0 Å². The molecule has 0 saturated heterocycles. The highest BCUT2D eigenvalue weighted by Gasteiger charge is 2.16. The normalized spacial score (nSPS) is 15.0. The van der Waals surface area contributed by atoms with Gasteiger partial charge in [-0.1, -0.05) is 20.3 Å². The Morgan fingerprint density at radius 2 is 2.19 bits per heavy atom. The molecule has 0 aliphatic carbocycles. The number of thiophene rings is 1. The van der Waals surface area contributed by atoms with Crippen LogP contribution in [0, 0.1) is 0 Å². The van der Waals surface area contributed by atoms with Crippen molar-refractivity contribution < 1.29 is 0 Å². The number of hydrogen-bond acceptors (Lipinski definition) is 3. The highest BCUT2D eigenvalue weighted by molar-refractivity contribution is 7.10. The lowest BCUT2D eigenvalue weighted by Gasteiger charge is -2.24. The Bertz CT molecular complexity index is 305. The van der Waals surface area contributed by atoms with E-state index in [2.05, 4.69) is 37.5 Å². The van der Waals surface area contributed by atoms with Crippen molar-refractivity contribution in [2.45, 2.75) is 52.1 Å². The van der Waals surface area contributed by atoms with E-state index in [0.717, 1.165) is 32.4 Å². The van der Waals surface area contributed by atoms with Crippen LogP contribution in [-0.2, 0) is 13.0 Å². The van der Waals surface area contributed by atoms with Gasteiger partial charge >= 0.3 is 0 Å². The summed E-state index contributed by atoms with van der Waals surface area (Å²) in [6, 6.07) is 2.22. The molecule has 0 radical (unpaired) electrons. The van der Waals surface area contributed by atoms with Gasteiger partial charge in [0.05, 0.1) is 0 Å². The molecule has 3 N–H and O–H groups in total. The molecule has 1 rings (SSSR count). The molecule has 0 aromatic carbocycles. The van der Waals surface area contributed by atoms with Crippen LogP contribution in [0.4, 0.5) is 0 Å². The van der Waals surface area contributed by atoms with E-state index in [-0.39, 0.29) is 5.54 Å². The first-order valence-electron chi connectivity index (χ1n) is 6.14. The van der Waals surface area contributed by atoms with Crippen LogP contribution in [0.3, 0.4) is 0 Å². The Hall–Kier alpha value is -0.380. The lowest BCUT2D eigenvalue weighted by Crippen LogP contribution is -2.45. The number of nitrogens with two attached hydrogens (primary N) is 1. The molecule has 1 heterocycles. The van der Waals surface area contributed by atoms with Gasteiger partial charge in [-0.2, -0.15) is 0 Å². The molecule has 0 amide bonds. The maximum Gasteiger partial charge on any atom is 0.0303 e. The zero-order valence-electron chi connectivity index (χ0n) is 10.7. The van der Waals surface area contributed by atoms with Crippen molar-refractivity contribution >= 4 is 11.3 Å². The maximum atomic E-state index is 6.18. The summed E-state index contributed by atoms with van der Waals surface area (Å²) in [6.45, 7) is 8.35. The third-order valence-electron chi connectivity index (χ3n) is 2.85. The van der Waals surface area contributed by atoms with Crippen LogP contribution >= 0.6 is 11.3 Å². The molecular weight excluding hydrogens is 216 g/mol. The fraction of sp³-hybridized carbons (Fsp3) is 0.692. The van der Waals surface area contributed by atoms with Crippen molar-refractivity contribution in [2.75, 3.05) is 6.54 Å². The average molecular weight is 240 g/mol. The monoisotopic (exact) mass is 240 g/mol. The second-order valence-corrected chi connectivity index (χ2v) is 5.73. The summed E-state index contributed by atoms with van der Waals surface area (Å²) < 4.78 is 0. The molecule has 16 heavy (non-hydrogen) atoms. The molecule has 1 aromatic rings. The first-order chi connectivity index (χ1) is 7.59. The Morgan fingerprint density at radius 3 is 2.81 bits per heavy atom. The molecule has 0 bridgehead atoms. The van der Waals surface area contributed by atoms with E-state index >= 15 is 0 Å². The Labute approximate surface area is 103 Å². The van der Waals surface area contributed by atoms with Crippen LogP contribution < -0.4 is 11.1 Å². The molecule has 3 heteroatoms. The van der Waals surface area contributed by atoms with Crippen LogP contribution in [0.25, 0.3) is 0 Å². The van der Waals surface area contributed by atoms with Crippen LogP contribution in [-0.4, -0.2) is 12.1 Å². The van der Waals surface area contributed by atoms with Crippen molar-refractivity contribution in [2.24, 2.45) is 5.73 Å². The average Bonchev–Trinajstić information content (AvgIpc) is 2.64. The van der Waals surface area contributed by atoms with Gasteiger partial charge in [-0.05, 0) is 36.8 Å². The zero-order valence-corrected chi connectivity index (χ0v) is 11.5. The third kappa shape index (κ3) is 4.24. The van der Waals surface area contributed by atoms with Crippen LogP contribution in [0.15, 0.2) is 11.4 Å². The standard InChI is InChI=1S/C13H24N2S/c1-4-7-13(3,14)10-15-9-12-11(5-2)6-8-16-12/h6,8,15H,4-5,7,9-10,14H2,1-3H3. The van der Waals surface area contributed by atoms with Gasteiger partial charge in [0, 0.05) is 23.5 Å². The van der Waals surface area contributed by atoms with Gasteiger partial charge in [0.2, 0.25) is 0 Å². The van der Waals surface area contributed by atoms with Crippen molar-refractivity contribution in [3.63, 3.8) is 0 Å². The number of nitrogens with one attached hydrogen (secondary N) is 1. The molecule has 1 atom stereocenters. The Morgan fingerprint density at radius 1 is 1.44 bits per heavy atom. The Balaban J connectivity index is 2.35. The first-order valence-corrected chi connectivity index (χ1v) is 7.02. The Kier molecular flexibility index (Phi) is 5.46. The first kappa shape index (κ1) is 13.7. The van der Waals surface area contributed by atoms with Crippen LogP contribution in [0.2, 0.25) is 0 Å². The van der Waals surface area contributed by atoms with E-state index in [4.69, 9.17) is 5.73 Å². The second kappa shape index (κ2) is 6.38. The predicted octanol–water partition coefficient (Wildman–Crippen LogP) is 2.92. The molecule has 1 unspecified atom stereocenters. The molecule has 0 spiro atoms. The minimum absolute atomic E-state index is 0.0710. The lowest BCUT2D eigenvalue weighted by molar-refractivity contribution is 0.397. The van der Waals surface area contributed by atoms with Crippen molar-refractivity contribution in [1.29, 1.82) is 0 Å². The summed E-state index contributed by atoms with van der Waals surface area (Å²) in [5, 5.41) is 5.64. The topological polar surface area (TPSA) is 38.0 Å². The smallest absolute Gasteiger partial charge is 0.0303 e. The highest BCUT2D eigenvalue weighted by Crippen LogP contribution is 2.17. The molecule has 0 fully saturated rings. The van der Waals surface area contributed by atoms with E-state index < -0.39 is 0 Å². The minimum Gasteiger partial charge on any atom is -0.324 e. The van der Waals surface area contributed by atoms with Crippen LogP contribution in [0.5, 0.6) is 0 Å². The summed E-state index contributed by atoms with van der Waals surface area (Å²) >= 11 is 1.83.